The third-order valence-corrected chi connectivity index (χ3v) is 12.4. The van der Waals surface area contributed by atoms with Gasteiger partial charge in [-0.25, -0.2) is 0 Å². The van der Waals surface area contributed by atoms with Crippen molar-refractivity contribution in [2.75, 3.05) is 18.4 Å². The number of hydrogen-bond acceptors (Lipinski definition) is 7. The average molecular weight is 1040 g/mol. The third-order valence-electron chi connectivity index (χ3n) is 11.8. The van der Waals surface area contributed by atoms with Gasteiger partial charge in [-0.15, -0.1) is 0 Å². The molecule has 11 nitrogen and oxygen atoms in total. The zero-order chi connectivity index (χ0) is 54.1. The summed E-state index contributed by atoms with van der Waals surface area (Å²) < 4.78 is 19.3. The molecule has 0 radical (unpaired) electrons. The minimum atomic E-state index is -0.472. The Morgan fingerprint density at radius 3 is 1.82 bits per heavy atom. The fraction of sp³-hybridized carbons (Fsp3) is 0.344. The van der Waals surface area contributed by atoms with E-state index in [0.717, 1.165) is 56.5 Å². The number of likely N-dealkylation sites (N-methyl/N-ethyl adjacent to an activating group) is 1. The molecular weight excluding hydrogens is 964 g/mol. The number of aromatic nitrogens is 2. The van der Waals surface area contributed by atoms with Gasteiger partial charge >= 0.3 is 0 Å². The molecule has 6 aromatic carbocycles. The highest BCUT2D eigenvalue weighted by atomic mass is 35.5. The molecule has 1 heterocycles. The van der Waals surface area contributed by atoms with Gasteiger partial charge in [-0.2, -0.15) is 5.10 Å². The Bertz CT molecular complexity index is 2890. The van der Waals surface area contributed by atoms with Crippen molar-refractivity contribution in [2.45, 2.75) is 120 Å². The highest BCUT2D eigenvalue weighted by Gasteiger charge is 2.23. The first kappa shape index (κ1) is 58.0. The number of carbonyl (C=O) groups is 2. The number of benzene rings is 6. The Labute approximate surface area is 450 Å². The van der Waals surface area contributed by atoms with Crippen molar-refractivity contribution in [3.8, 4) is 28.7 Å². The predicted molar refractivity (Wildman–Crippen MR) is 309 cm³/mol. The SMILES string of the molecule is CC(C)c1cc(Oc2ccccc2)cc(C(C)C)c1NC(=S)NC(C)(C)C.CCN(CC)C(=O)C(C)Oc1cccc2ccccc12.CCc1nn(C)c(C(=O)NCc2ccc(Oc3ccc(C)cc3)cc2)c1Cl. The Balaban J connectivity index is 0.000000208. The maximum atomic E-state index is 12.4. The van der Waals surface area contributed by atoms with E-state index in [1.165, 1.54) is 21.4 Å². The maximum absolute atomic E-state index is 12.4. The van der Waals surface area contributed by atoms with E-state index in [1.807, 2.05) is 156 Å². The number of aryl methyl sites for hydroxylation is 3. The van der Waals surface area contributed by atoms with Crippen LogP contribution in [0.25, 0.3) is 10.8 Å². The topological polar surface area (TPSA) is 119 Å². The van der Waals surface area contributed by atoms with E-state index in [-0.39, 0.29) is 17.4 Å². The molecule has 0 fully saturated rings. The molecule has 1 aromatic heterocycles. The molecule has 0 saturated heterocycles. The second-order valence-corrected chi connectivity index (χ2v) is 20.4. The number of hydrogen-bond donors (Lipinski definition) is 3. The average Bonchev–Trinajstić information content (AvgIpc) is 3.66. The van der Waals surface area contributed by atoms with Crippen molar-refractivity contribution in [3.63, 3.8) is 0 Å². The summed E-state index contributed by atoms with van der Waals surface area (Å²) in [6.07, 6.45) is 0.211. The first-order valence-electron chi connectivity index (χ1n) is 25.5. The van der Waals surface area contributed by atoms with Gasteiger partial charge < -0.3 is 35.1 Å². The molecule has 0 spiro atoms. The van der Waals surface area contributed by atoms with E-state index < -0.39 is 6.10 Å². The van der Waals surface area contributed by atoms with E-state index >= 15 is 0 Å². The molecular formula is C61H75ClN6O5S. The van der Waals surface area contributed by atoms with Gasteiger partial charge in [0.2, 0.25) is 0 Å². The van der Waals surface area contributed by atoms with E-state index in [9.17, 15) is 9.59 Å². The Kier molecular flexibility index (Phi) is 21.5. The van der Waals surface area contributed by atoms with Crippen LogP contribution >= 0.6 is 23.8 Å². The van der Waals surface area contributed by atoms with Gasteiger partial charge in [-0.3, -0.25) is 14.3 Å². The Morgan fingerprint density at radius 1 is 0.730 bits per heavy atom. The molecule has 0 bridgehead atoms. The molecule has 1 unspecified atom stereocenters. The van der Waals surface area contributed by atoms with Gasteiger partial charge in [-0.1, -0.05) is 131 Å². The van der Waals surface area contributed by atoms with Crippen molar-refractivity contribution in [1.29, 1.82) is 0 Å². The number of halogens is 1. The first-order valence-corrected chi connectivity index (χ1v) is 26.3. The molecule has 1 atom stereocenters. The number of carbonyl (C=O) groups excluding carboxylic acids is 2. The molecule has 0 aliphatic rings. The lowest BCUT2D eigenvalue weighted by atomic mass is 9.92. The quantitative estimate of drug-likeness (QED) is 0.0813. The maximum Gasteiger partial charge on any atom is 0.271 e. The molecule has 0 saturated carbocycles. The summed E-state index contributed by atoms with van der Waals surface area (Å²) in [6.45, 7) is 26.6. The minimum absolute atomic E-state index is 0.0305. The highest BCUT2D eigenvalue weighted by Crippen LogP contribution is 2.38. The van der Waals surface area contributed by atoms with Crippen LogP contribution in [0.2, 0.25) is 5.02 Å². The monoisotopic (exact) mass is 1040 g/mol. The fourth-order valence-electron chi connectivity index (χ4n) is 7.92. The van der Waals surface area contributed by atoms with Gasteiger partial charge in [0.15, 0.2) is 11.2 Å². The number of fused-ring (bicyclic) bond motifs is 1. The third kappa shape index (κ3) is 16.8. The summed E-state index contributed by atoms with van der Waals surface area (Å²) in [6, 6.07) is 43.6. The highest BCUT2D eigenvalue weighted by molar-refractivity contribution is 7.80. The van der Waals surface area contributed by atoms with Gasteiger partial charge in [-0.05, 0) is 156 Å². The summed E-state index contributed by atoms with van der Waals surface area (Å²) in [4.78, 5) is 26.5. The van der Waals surface area contributed by atoms with Gasteiger partial charge in [0, 0.05) is 43.3 Å². The normalized spacial score (nSPS) is 11.4. The number of rotatable bonds is 16. The molecule has 7 rings (SSSR count). The van der Waals surface area contributed by atoms with Crippen LogP contribution in [0.3, 0.4) is 0 Å². The number of thiocarbonyl (C=S) groups is 1. The smallest absolute Gasteiger partial charge is 0.271 e. The van der Waals surface area contributed by atoms with Crippen LogP contribution in [0.15, 0.2) is 133 Å². The Morgan fingerprint density at radius 2 is 1.27 bits per heavy atom. The first-order chi connectivity index (χ1) is 35.2. The minimum Gasteiger partial charge on any atom is -0.480 e. The van der Waals surface area contributed by atoms with Crippen molar-refractivity contribution in [1.82, 2.24) is 25.3 Å². The molecule has 74 heavy (non-hydrogen) atoms. The fourth-order valence-corrected chi connectivity index (χ4v) is 8.71. The van der Waals surface area contributed by atoms with Gasteiger partial charge in [0.05, 0.1) is 10.7 Å². The Hall–Kier alpha value is -6.89. The lowest BCUT2D eigenvalue weighted by Crippen LogP contribution is -2.43. The molecule has 0 aliphatic heterocycles. The number of amides is 2. The van der Waals surface area contributed by atoms with Gasteiger partial charge in [0.1, 0.15) is 34.4 Å². The number of nitrogens with zero attached hydrogens (tertiary/aromatic N) is 3. The van der Waals surface area contributed by atoms with Crippen LogP contribution in [-0.4, -0.2) is 56.3 Å². The van der Waals surface area contributed by atoms with Crippen molar-refractivity contribution >= 4 is 57.2 Å². The van der Waals surface area contributed by atoms with Crippen molar-refractivity contribution in [3.05, 3.63) is 172 Å². The van der Waals surface area contributed by atoms with Crippen LogP contribution in [0.5, 0.6) is 28.7 Å². The summed E-state index contributed by atoms with van der Waals surface area (Å²) in [5.41, 5.74) is 6.66. The molecule has 7 aromatic rings. The largest absolute Gasteiger partial charge is 0.480 e. The molecule has 3 N–H and O–H groups in total. The molecule has 392 valence electrons. The van der Waals surface area contributed by atoms with E-state index in [0.29, 0.717) is 53.7 Å². The molecule has 0 aliphatic carbocycles. The number of para-hydroxylation sites is 1. The molecule has 2 amide bonds. The second kappa shape index (κ2) is 27.4. The number of ether oxygens (including phenoxy) is 3. The lowest BCUT2D eigenvalue weighted by molar-refractivity contribution is -0.137. The zero-order valence-corrected chi connectivity index (χ0v) is 47.0. The summed E-state index contributed by atoms with van der Waals surface area (Å²) in [5.74, 6) is 4.45. The van der Waals surface area contributed by atoms with Crippen LogP contribution in [0.4, 0.5) is 5.69 Å². The summed E-state index contributed by atoms with van der Waals surface area (Å²) in [7, 11) is 1.72. The zero-order valence-electron chi connectivity index (χ0n) is 45.4. The van der Waals surface area contributed by atoms with E-state index in [4.69, 9.17) is 38.0 Å². The number of anilines is 1. The van der Waals surface area contributed by atoms with Crippen LogP contribution in [-0.2, 0) is 24.8 Å². The summed E-state index contributed by atoms with van der Waals surface area (Å²) in [5, 5.41) is 17.2. The summed E-state index contributed by atoms with van der Waals surface area (Å²) >= 11 is 11.8. The van der Waals surface area contributed by atoms with E-state index in [2.05, 4.69) is 81.6 Å². The van der Waals surface area contributed by atoms with Crippen LogP contribution < -0.4 is 30.2 Å². The van der Waals surface area contributed by atoms with Crippen LogP contribution in [0.1, 0.15) is 126 Å². The van der Waals surface area contributed by atoms with E-state index in [1.54, 1.807) is 11.9 Å². The van der Waals surface area contributed by atoms with Gasteiger partial charge in [0.25, 0.3) is 11.8 Å². The standard InChI is InChI=1S/C23H32N2OS.C21H22ClN3O2.C17H21NO2/c1-15(2)19-13-18(26-17-11-9-8-10-12-17)14-20(16(3)4)21(19)24-22(27)25-23(5,6)7;1-4-18-19(22)20(25(3)24-18)21(26)23-13-15-7-11-17(12-8-15)27-16-9-5-14(2)6-10-16;1-4-18(5-2)17(19)13(3)20-16-12-8-10-14-9-6-7-11-15(14)16/h8-16H,1-7H3,(H2,24,25,27);5-12H,4,13H2,1-3H3,(H,23,26);6-13H,4-5H2,1-3H3. The lowest BCUT2D eigenvalue weighted by Gasteiger charge is -2.27. The van der Waals surface area contributed by atoms with Crippen LogP contribution in [0, 0.1) is 6.92 Å². The number of nitrogens with one attached hydrogen (secondary N) is 3. The van der Waals surface area contributed by atoms with Crippen molar-refractivity contribution < 1.29 is 23.8 Å². The molecule has 13 heteroatoms. The second-order valence-electron chi connectivity index (χ2n) is 19.6. The predicted octanol–water partition coefficient (Wildman–Crippen LogP) is 15.0. The van der Waals surface area contributed by atoms with Crippen molar-refractivity contribution in [2.24, 2.45) is 7.05 Å².